The second kappa shape index (κ2) is 7.63. The van der Waals surface area contributed by atoms with Crippen molar-refractivity contribution in [2.75, 3.05) is 6.54 Å². The van der Waals surface area contributed by atoms with Crippen LogP contribution in [0.3, 0.4) is 0 Å². The molecule has 0 aliphatic heterocycles. The van der Waals surface area contributed by atoms with Crippen molar-refractivity contribution < 1.29 is 14.7 Å². The molecule has 1 aromatic rings. The number of hydrogen-bond acceptors (Lipinski definition) is 2. The molecule has 22 heavy (non-hydrogen) atoms. The molecule has 1 aliphatic carbocycles. The highest BCUT2D eigenvalue weighted by Gasteiger charge is 2.40. The van der Waals surface area contributed by atoms with Gasteiger partial charge in [-0.1, -0.05) is 43.0 Å². The van der Waals surface area contributed by atoms with Crippen molar-refractivity contribution in [3.63, 3.8) is 0 Å². The Morgan fingerprint density at radius 2 is 1.95 bits per heavy atom. The van der Waals surface area contributed by atoms with E-state index in [1.54, 1.807) is 0 Å². The van der Waals surface area contributed by atoms with Crippen molar-refractivity contribution >= 4 is 23.5 Å². The minimum Gasteiger partial charge on any atom is -0.481 e. The zero-order valence-corrected chi connectivity index (χ0v) is 13.4. The van der Waals surface area contributed by atoms with Gasteiger partial charge in [0.25, 0.3) is 0 Å². The highest BCUT2D eigenvalue weighted by molar-refractivity contribution is 6.30. The van der Waals surface area contributed by atoms with Crippen molar-refractivity contribution in [2.24, 2.45) is 0 Å². The Kier molecular flexibility index (Phi) is 5.83. The number of aliphatic carboxylic acids is 1. The highest BCUT2D eigenvalue weighted by atomic mass is 35.5. The fourth-order valence-corrected chi connectivity index (χ4v) is 3.39. The number of carboxylic acids is 1. The van der Waals surface area contributed by atoms with E-state index < -0.39 is 11.4 Å². The summed E-state index contributed by atoms with van der Waals surface area (Å²) in [6, 6.07) is 7.54. The molecule has 0 atom stereocenters. The van der Waals surface area contributed by atoms with E-state index in [9.17, 15) is 9.59 Å². The Hall–Kier alpha value is -1.55. The topological polar surface area (TPSA) is 66.4 Å². The molecule has 1 amide bonds. The first-order chi connectivity index (χ1) is 10.5. The smallest absolute Gasteiger partial charge is 0.303 e. The average molecular weight is 324 g/mol. The number of amides is 1. The summed E-state index contributed by atoms with van der Waals surface area (Å²) in [4.78, 5) is 23.3. The molecule has 0 heterocycles. The largest absolute Gasteiger partial charge is 0.481 e. The maximum Gasteiger partial charge on any atom is 0.303 e. The van der Waals surface area contributed by atoms with Crippen LogP contribution < -0.4 is 5.32 Å². The monoisotopic (exact) mass is 323 g/mol. The number of benzene rings is 1. The van der Waals surface area contributed by atoms with Crippen molar-refractivity contribution in [3.05, 3.63) is 34.9 Å². The first-order valence-corrected chi connectivity index (χ1v) is 8.18. The highest BCUT2D eigenvalue weighted by Crippen LogP contribution is 2.40. The zero-order chi connectivity index (χ0) is 16.0. The van der Waals surface area contributed by atoms with Crippen LogP contribution in [-0.2, 0) is 15.0 Å². The number of carbonyl (C=O) groups excluding carboxylic acids is 1. The molecule has 0 aromatic heterocycles. The third-order valence-corrected chi connectivity index (χ3v) is 4.61. The quantitative estimate of drug-likeness (QED) is 0.787. The summed E-state index contributed by atoms with van der Waals surface area (Å²) in [6.07, 6.45) is 5.35. The van der Waals surface area contributed by atoms with Crippen LogP contribution >= 0.6 is 11.6 Å². The lowest BCUT2D eigenvalue weighted by Gasteiger charge is -2.36. The standard InChI is InChI=1S/C17H22ClNO3/c18-14-7-4-6-13(12-14)17(9-2-1-3-10-17)16(22)19-11-5-8-15(20)21/h4,6-7,12H,1-3,5,8-11H2,(H,19,22)(H,20,21). The van der Waals surface area contributed by atoms with Crippen LogP contribution in [0.15, 0.2) is 24.3 Å². The molecule has 1 fully saturated rings. The van der Waals surface area contributed by atoms with Crippen LogP contribution in [0.5, 0.6) is 0 Å². The average Bonchev–Trinajstić information content (AvgIpc) is 2.52. The van der Waals surface area contributed by atoms with Gasteiger partial charge >= 0.3 is 5.97 Å². The summed E-state index contributed by atoms with van der Waals surface area (Å²) in [7, 11) is 0. The van der Waals surface area contributed by atoms with E-state index in [4.69, 9.17) is 16.7 Å². The molecule has 120 valence electrons. The fraction of sp³-hybridized carbons (Fsp3) is 0.529. The molecule has 1 aromatic carbocycles. The van der Waals surface area contributed by atoms with E-state index in [1.807, 2.05) is 24.3 Å². The molecule has 1 aliphatic rings. The third-order valence-electron chi connectivity index (χ3n) is 4.37. The lowest BCUT2D eigenvalue weighted by molar-refractivity contribution is -0.137. The number of hydrogen-bond donors (Lipinski definition) is 2. The van der Waals surface area contributed by atoms with Crippen molar-refractivity contribution in [3.8, 4) is 0 Å². The summed E-state index contributed by atoms with van der Waals surface area (Å²) in [5, 5.41) is 12.2. The predicted octanol–water partition coefficient (Wildman–Crippen LogP) is 3.52. The van der Waals surface area contributed by atoms with E-state index >= 15 is 0 Å². The normalized spacial score (nSPS) is 17.0. The van der Waals surface area contributed by atoms with Gasteiger partial charge in [-0.25, -0.2) is 0 Å². The van der Waals surface area contributed by atoms with E-state index in [2.05, 4.69) is 5.32 Å². The molecule has 5 heteroatoms. The Morgan fingerprint density at radius 3 is 2.59 bits per heavy atom. The van der Waals surface area contributed by atoms with Gasteiger partial charge in [0.15, 0.2) is 0 Å². The van der Waals surface area contributed by atoms with Gasteiger partial charge in [-0.05, 0) is 37.0 Å². The van der Waals surface area contributed by atoms with Crippen LogP contribution in [0.25, 0.3) is 0 Å². The van der Waals surface area contributed by atoms with Gasteiger partial charge in [-0.15, -0.1) is 0 Å². The molecular weight excluding hydrogens is 302 g/mol. The van der Waals surface area contributed by atoms with Gasteiger partial charge in [0.1, 0.15) is 0 Å². The van der Waals surface area contributed by atoms with Gasteiger partial charge < -0.3 is 10.4 Å². The van der Waals surface area contributed by atoms with Gasteiger partial charge in [-0.2, -0.15) is 0 Å². The van der Waals surface area contributed by atoms with Crippen LogP contribution in [0.4, 0.5) is 0 Å². The number of carboxylic acid groups (broad SMARTS) is 1. The number of carbonyl (C=O) groups is 2. The molecule has 4 nitrogen and oxygen atoms in total. The van der Waals surface area contributed by atoms with E-state index in [0.29, 0.717) is 18.0 Å². The maximum atomic E-state index is 12.8. The van der Waals surface area contributed by atoms with Gasteiger partial charge in [0, 0.05) is 18.0 Å². The maximum absolute atomic E-state index is 12.8. The summed E-state index contributed by atoms with van der Waals surface area (Å²) in [5.41, 5.74) is 0.447. The Balaban J connectivity index is 2.11. The fourth-order valence-electron chi connectivity index (χ4n) is 3.20. The van der Waals surface area contributed by atoms with Crippen LogP contribution in [0, 0.1) is 0 Å². The molecule has 1 saturated carbocycles. The van der Waals surface area contributed by atoms with Gasteiger partial charge in [-0.3, -0.25) is 9.59 Å². The Labute approximate surface area is 135 Å². The molecule has 2 rings (SSSR count). The Bertz CT molecular complexity index is 538. The SMILES string of the molecule is O=C(O)CCCNC(=O)C1(c2cccc(Cl)c2)CCCCC1. The minimum atomic E-state index is -0.837. The molecule has 0 spiro atoms. The number of nitrogens with one attached hydrogen (secondary N) is 1. The Morgan fingerprint density at radius 1 is 1.23 bits per heavy atom. The van der Waals surface area contributed by atoms with Gasteiger partial charge in [0.05, 0.1) is 5.41 Å². The number of halogens is 1. The molecule has 0 bridgehead atoms. The third kappa shape index (κ3) is 4.01. The van der Waals surface area contributed by atoms with Crippen molar-refractivity contribution in [2.45, 2.75) is 50.4 Å². The van der Waals surface area contributed by atoms with Crippen molar-refractivity contribution in [1.29, 1.82) is 0 Å². The molecule has 0 saturated heterocycles. The summed E-state index contributed by atoms with van der Waals surface area (Å²) in [5.74, 6) is -0.837. The minimum absolute atomic E-state index is 0.000134. The molecular formula is C17H22ClNO3. The summed E-state index contributed by atoms with van der Waals surface area (Å²) in [6.45, 7) is 0.396. The van der Waals surface area contributed by atoms with Crippen LogP contribution in [0.1, 0.15) is 50.5 Å². The second-order valence-electron chi connectivity index (χ2n) is 5.91. The summed E-state index contributed by atoms with van der Waals surface area (Å²) < 4.78 is 0. The summed E-state index contributed by atoms with van der Waals surface area (Å²) >= 11 is 6.10. The zero-order valence-electron chi connectivity index (χ0n) is 12.6. The molecule has 2 N–H and O–H groups in total. The van der Waals surface area contributed by atoms with Gasteiger partial charge in [0.2, 0.25) is 5.91 Å². The predicted molar refractivity (Wildman–Crippen MR) is 86.1 cm³/mol. The molecule has 0 radical (unpaired) electrons. The van der Waals surface area contributed by atoms with E-state index in [0.717, 1.165) is 37.7 Å². The van der Waals surface area contributed by atoms with Crippen LogP contribution in [-0.4, -0.2) is 23.5 Å². The van der Waals surface area contributed by atoms with Crippen molar-refractivity contribution in [1.82, 2.24) is 5.32 Å². The first kappa shape index (κ1) is 16.8. The van der Waals surface area contributed by atoms with E-state index in [-0.39, 0.29) is 12.3 Å². The second-order valence-corrected chi connectivity index (χ2v) is 6.34. The van der Waals surface area contributed by atoms with E-state index in [1.165, 1.54) is 0 Å². The number of rotatable bonds is 6. The molecule has 0 unspecified atom stereocenters. The first-order valence-electron chi connectivity index (χ1n) is 7.81. The lowest BCUT2D eigenvalue weighted by atomic mass is 9.68. The lowest BCUT2D eigenvalue weighted by Crippen LogP contribution is -2.46. The van der Waals surface area contributed by atoms with Crippen LogP contribution in [0.2, 0.25) is 5.02 Å².